The maximum absolute atomic E-state index is 5.16. The Labute approximate surface area is 259 Å². The van der Waals surface area contributed by atoms with Crippen molar-refractivity contribution < 1.29 is 0 Å². The maximum atomic E-state index is 5.16. The van der Waals surface area contributed by atoms with Gasteiger partial charge in [0.05, 0.1) is 16.6 Å². The van der Waals surface area contributed by atoms with E-state index in [1.54, 1.807) is 0 Å². The summed E-state index contributed by atoms with van der Waals surface area (Å²) in [5.74, 6) is 0. The first kappa shape index (κ1) is 24.5. The number of hydrogen-bond acceptors (Lipinski definition) is 1. The molecule has 0 unspecified atom stereocenters. The van der Waals surface area contributed by atoms with E-state index in [9.17, 15) is 0 Å². The van der Waals surface area contributed by atoms with Gasteiger partial charge in [-0.3, -0.25) is 4.40 Å². The van der Waals surface area contributed by atoms with Gasteiger partial charge < -0.3 is 0 Å². The van der Waals surface area contributed by atoms with Crippen LogP contribution in [0, 0.1) is 0 Å². The van der Waals surface area contributed by atoms with Crippen LogP contribution >= 0.6 is 0 Å². The number of aromatic nitrogens is 2. The van der Waals surface area contributed by atoms with Crippen molar-refractivity contribution in [3.05, 3.63) is 158 Å². The Hall–Kier alpha value is -5.99. The van der Waals surface area contributed by atoms with Crippen molar-refractivity contribution in [1.82, 2.24) is 9.38 Å². The average Bonchev–Trinajstić information content (AvgIpc) is 3.51. The first-order valence-electron chi connectivity index (χ1n) is 15.5. The molecule has 0 amide bonds. The van der Waals surface area contributed by atoms with Crippen molar-refractivity contribution in [1.29, 1.82) is 0 Å². The molecule has 0 saturated heterocycles. The SMILES string of the molecule is c1ccc2cc3c(cc2c1)c1ccc(-c2ccc(-c4cc5ccccc5c5ccccc45)cc2)cc1n1c2ccccc2nc31. The zero-order valence-electron chi connectivity index (χ0n) is 24.4. The number of imidazole rings is 1. The van der Waals surface area contributed by atoms with Gasteiger partial charge in [-0.1, -0.05) is 121 Å². The van der Waals surface area contributed by atoms with Crippen LogP contribution in [0.15, 0.2) is 158 Å². The van der Waals surface area contributed by atoms with Crippen molar-refractivity contribution in [3.63, 3.8) is 0 Å². The van der Waals surface area contributed by atoms with Gasteiger partial charge in [-0.25, -0.2) is 4.98 Å². The van der Waals surface area contributed by atoms with Crippen LogP contribution in [0.1, 0.15) is 0 Å². The molecule has 45 heavy (non-hydrogen) atoms. The van der Waals surface area contributed by atoms with Crippen LogP contribution in [0.5, 0.6) is 0 Å². The smallest absolute Gasteiger partial charge is 0.146 e. The van der Waals surface area contributed by atoms with Gasteiger partial charge in [0.2, 0.25) is 0 Å². The zero-order chi connectivity index (χ0) is 29.5. The van der Waals surface area contributed by atoms with Gasteiger partial charge in [0.1, 0.15) is 5.65 Å². The number of rotatable bonds is 2. The van der Waals surface area contributed by atoms with E-state index >= 15 is 0 Å². The van der Waals surface area contributed by atoms with E-state index in [2.05, 4.69) is 162 Å². The van der Waals surface area contributed by atoms with Gasteiger partial charge in [0, 0.05) is 10.8 Å². The van der Waals surface area contributed by atoms with E-state index in [4.69, 9.17) is 4.98 Å². The second-order valence-corrected chi connectivity index (χ2v) is 12.0. The lowest BCUT2D eigenvalue weighted by Crippen LogP contribution is -1.93. The van der Waals surface area contributed by atoms with Crippen molar-refractivity contribution in [2.45, 2.75) is 0 Å². The second kappa shape index (κ2) is 9.25. The minimum Gasteiger partial charge on any atom is -0.292 e. The third kappa shape index (κ3) is 3.60. The molecule has 2 heterocycles. The molecule has 2 aromatic heterocycles. The molecule has 0 atom stereocenters. The van der Waals surface area contributed by atoms with Gasteiger partial charge >= 0.3 is 0 Å². The van der Waals surface area contributed by atoms with Crippen LogP contribution in [0.4, 0.5) is 0 Å². The normalized spacial score (nSPS) is 12.0. The van der Waals surface area contributed by atoms with E-state index in [-0.39, 0.29) is 0 Å². The van der Waals surface area contributed by atoms with Crippen LogP contribution in [-0.2, 0) is 0 Å². The molecule has 2 heteroatoms. The molecule has 10 aromatic rings. The average molecular weight is 571 g/mol. The highest BCUT2D eigenvalue weighted by Crippen LogP contribution is 2.38. The Kier molecular flexibility index (Phi) is 5.03. The van der Waals surface area contributed by atoms with Crippen LogP contribution in [-0.4, -0.2) is 9.38 Å². The number of hydrogen-bond donors (Lipinski definition) is 0. The zero-order valence-corrected chi connectivity index (χ0v) is 24.4. The van der Waals surface area contributed by atoms with Gasteiger partial charge in [0.15, 0.2) is 0 Å². The molecule has 0 aliphatic heterocycles. The van der Waals surface area contributed by atoms with Crippen LogP contribution in [0.25, 0.3) is 92.9 Å². The van der Waals surface area contributed by atoms with Gasteiger partial charge in [-0.2, -0.15) is 0 Å². The van der Waals surface area contributed by atoms with Crippen molar-refractivity contribution in [3.8, 4) is 22.3 Å². The summed E-state index contributed by atoms with van der Waals surface area (Å²) in [4.78, 5) is 5.16. The Bertz CT molecular complexity index is 2800. The van der Waals surface area contributed by atoms with E-state index in [0.717, 1.165) is 16.7 Å². The number of fused-ring (bicyclic) bond motifs is 12. The molecule has 0 bridgehead atoms. The highest BCUT2D eigenvalue weighted by molar-refractivity contribution is 6.18. The number of para-hydroxylation sites is 2. The lowest BCUT2D eigenvalue weighted by molar-refractivity contribution is 1.32. The number of nitrogens with zero attached hydrogens (tertiary/aromatic N) is 2. The predicted octanol–water partition coefficient (Wildman–Crippen LogP) is 11.6. The standard InChI is InChI=1S/C43H26N2/c1-2-10-30-24-39-38(23-29(30)9-1)36-22-21-31(26-42(36)45-41-16-8-7-15-40(41)44-43(39)45)27-17-19-28(20-18-27)37-25-32-11-3-4-12-33(32)34-13-5-6-14-35(34)37/h1-26H. The first-order chi connectivity index (χ1) is 22.3. The van der Waals surface area contributed by atoms with Gasteiger partial charge in [-0.15, -0.1) is 0 Å². The van der Waals surface area contributed by atoms with E-state index < -0.39 is 0 Å². The Morgan fingerprint density at radius 3 is 1.80 bits per heavy atom. The van der Waals surface area contributed by atoms with Gasteiger partial charge in [-0.05, 0) is 96.4 Å². The summed E-state index contributed by atoms with van der Waals surface area (Å²) < 4.78 is 2.35. The summed E-state index contributed by atoms with van der Waals surface area (Å²) in [5.41, 5.74) is 9.18. The quantitative estimate of drug-likeness (QED) is 0.149. The summed E-state index contributed by atoms with van der Waals surface area (Å²) in [6.45, 7) is 0. The fourth-order valence-corrected chi connectivity index (χ4v) is 7.36. The van der Waals surface area contributed by atoms with E-state index in [1.165, 1.54) is 76.2 Å². The largest absolute Gasteiger partial charge is 0.292 e. The van der Waals surface area contributed by atoms with E-state index in [1.807, 2.05) is 0 Å². The van der Waals surface area contributed by atoms with Crippen LogP contribution < -0.4 is 0 Å². The minimum atomic E-state index is 1.00. The van der Waals surface area contributed by atoms with Crippen molar-refractivity contribution in [2.24, 2.45) is 0 Å². The lowest BCUT2D eigenvalue weighted by Gasteiger charge is -2.13. The fraction of sp³-hybridized carbons (Fsp3) is 0. The first-order valence-corrected chi connectivity index (χ1v) is 15.5. The fourth-order valence-electron chi connectivity index (χ4n) is 7.36. The Morgan fingerprint density at radius 2 is 0.978 bits per heavy atom. The molecular weight excluding hydrogens is 544 g/mol. The minimum absolute atomic E-state index is 1.00. The van der Waals surface area contributed by atoms with Crippen LogP contribution in [0.3, 0.4) is 0 Å². The molecule has 0 aliphatic carbocycles. The third-order valence-electron chi connectivity index (χ3n) is 9.51. The predicted molar refractivity (Wildman–Crippen MR) is 191 cm³/mol. The molecule has 0 N–H and O–H groups in total. The van der Waals surface area contributed by atoms with Crippen molar-refractivity contribution >= 4 is 70.7 Å². The monoisotopic (exact) mass is 570 g/mol. The highest BCUT2D eigenvalue weighted by Gasteiger charge is 2.16. The van der Waals surface area contributed by atoms with Crippen LogP contribution in [0.2, 0.25) is 0 Å². The van der Waals surface area contributed by atoms with E-state index in [0.29, 0.717) is 0 Å². The Morgan fingerprint density at radius 1 is 0.356 bits per heavy atom. The second-order valence-electron chi connectivity index (χ2n) is 12.0. The number of pyridine rings is 1. The molecule has 10 rings (SSSR count). The van der Waals surface area contributed by atoms with Gasteiger partial charge in [0.25, 0.3) is 0 Å². The molecule has 0 spiro atoms. The molecular formula is C43H26N2. The molecule has 0 fully saturated rings. The summed E-state index contributed by atoms with van der Waals surface area (Å²) >= 11 is 0. The maximum Gasteiger partial charge on any atom is 0.146 e. The number of benzene rings is 8. The molecule has 208 valence electrons. The molecule has 0 radical (unpaired) electrons. The van der Waals surface area contributed by atoms with Crippen molar-refractivity contribution in [2.75, 3.05) is 0 Å². The summed E-state index contributed by atoms with van der Waals surface area (Å²) in [6.07, 6.45) is 0. The topological polar surface area (TPSA) is 17.3 Å². The molecule has 0 saturated carbocycles. The summed E-state index contributed by atoms with van der Waals surface area (Å²) in [5, 5.41) is 11.2. The third-order valence-corrected chi connectivity index (χ3v) is 9.51. The molecule has 0 aliphatic rings. The molecule has 2 nitrogen and oxygen atoms in total. The summed E-state index contributed by atoms with van der Waals surface area (Å²) in [6, 6.07) is 57.4. The Balaban J connectivity index is 1.19. The summed E-state index contributed by atoms with van der Waals surface area (Å²) in [7, 11) is 0. The molecule has 8 aromatic carbocycles. The highest BCUT2D eigenvalue weighted by atomic mass is 15.0. The lowest BCUT2D eigenvalue weighted by atomic mass is 9.92.